The second kappa shape index (κ2) is 5.72. The van der Waals surface area contributed by atoms with Gasteiger partial charge in [-0.1, -0.05) is 6.92 Å². The van der Waals surface area contributed by atoms with Gasteiger partial charge in [-0.15, -0.1) is 0 Å². The molecule has 1 aromatic rings. The molecule has 0 aromatic carbocycles. The van der Waals surface area contributed by atoms with E-state index in [1.165, 1.54) is 6.92 Å². The minimum absolute atomic E-state index is 0.0379. The number of carboxylic acids is 1. The average molecular weight is 293 g/mol. The molecule has 0 amide bonds. The fourth-order valence-corrected chi connectivity index (χ4v) is 1.39. The smallest absolute Gasteiger partial charge is 0.433 e. The Labute approximate surface area is 110 Å². The molecule has 1 aromatic heterocycles. The van der Waals surface area contributed by atoms with Crippen LogP contribution in [0.15, 0.2) is 12.3 Å². The molecule has 1 rings (SSSR count). The van der Waals surface area contributed by atoms with E-state index in [9.17, 15) is 28.1 Å². The summed E-state index contributed by atoms with van der Waals surface area (Å²) in [5, 5.41) is 21.8. The number of pyridine rings is 1. The fraction of sp³-hybridized carbons (Fsp3) is 0.400. The van der Waals surface area contributed by atoms with Gasteiger partial charge in [0.25, 0.3) is 0 Å². The van der Waals surface area contributed by atoms with Crippen LogP contribution >= 0.6 is 0 Å². The Morgan fingerprint density at radius 2 is 2.20 bits per heavy atom. The largest absolute Gasteiger partial charge is 0.480 e. The van der Waals surface area contributed by atoms with Gasteiger partial charge in [0.15, 0.2) is 0 Å². The lowest BCUT2D eigenvalue weighted by Crippen LogP contribution is -2.28. The van der Waals surface area contributed by atoms with E-state index in [1.807, 2.05) is 0 Å². The molecule has 1 unspecified atom stereocenters. The Bertz CT molecular complexity index is 533. The van der Waals surface area contributed by atoms with Crippen LogP contribution in [0.2, 0.25) is 0 Å². The van der Waals surface area contributed by atoms with Gasteiger partial charge in [-0.2, -0.15) is 13.2 Å². The number of anilines is 1. The number of alkyl halides is 3. The van der Waals surface area contributed by atoms with Gasteiger partial charge in [-0.25, -0.2) is 9.78 Å². The number of halogens is 3. The zero-order chi connectivity index (χ0) is 15.5. The average Bonchev–Trinajstić information content (AvgIpc) is 2.33. The van der Waals surface area contributed by atoms with Crippen molar-refractivity contribution in [3.8, 4) is 0 Å². The number of nitrogens with one attached hydrogen (secondary N) is 1. The summed E-state index contributed by atoms with van der Waals surface area (Å²) in [6.45, 7) is 1.48. The summed E-state index contributed by atoms with van der Waals surface area (Å²) in [6, 6.07) is -0.818. The summed E-state index contributed by atoms with van der Waals surface area (Å²) < 4.78 is 37.5. The van der Waals surface area contributed by atoms with Crippen LogP contribution < -0.4 is 5.32 Å². The van der Waals surface area contributed by atoms with Crippen LogP contribution in [0, 0.1) is 10.1 Å². The van der Waals surface area contributed by atoms with Crippen molar-refractivity contribution < 1.29 is 28.0 Å². The molecular formula is C10H10F3N3O4. The minimum atomic E-state index is -4.78. The Balaban J connectivity index is 3.25. The number of aromatic nitrogens is 1. The maximum Gasteiger partial charge on any atom is 0.433 e. The molecule has 1 atom stereocenters. The molecule has 2 N–H and O–H groups in total. The molecule has 0 spiro atoms. The summed E-state index contributed by atoms with van der Waals surface area (Å²) in [5.74, 6) is -1.33. The number of hydrogen-bond acceptors (Lipinski definition) is 5. The van der Waals surface area contributed by atoms with Crippen molar-refractivity contribution in [1.29, 1.82) is 0 Å². The highest BCUT2D eigenvalue weighted by Crippen LogP contribution is 2.33. The minimum Gasteiger partial charge on any atom is -0.480 e. The van der Waals surface area contributed by atoms with Gasteiger partial charge in [0.2, 0.25) is 0 Å². The number of carbonyl (C=O) groups is 1. The Hall–Kier alpha value is -2.39. The van der Waals surface area contributed by atoms with Gasteiger partial charge in [0.1, 0.15) is 23.6 Å². The first kappa shape index (κ1) is 15.7. The van der Waals surface area contributed by atoms with Crippen molar-refractivity contribution in [3.05, 3.63) is 28.1 Å². The maximum absolute atomic E-state index is 12.5. The Morgan fingerprint density at radius 1 is 1.60 bits per heavy atom. The van der Waals surface area contributed by atoms with Gasteiger partial charge in [0.05, 0.1) is 4.92 Å². The molecule has 0 saturated heterocycles. The van der Waals surface area contributed by atoms with Gasteiger partial charge in [0, 0.05) is 0 Å². The molecule has 0 aliphatic rings. The lowest BCUT2D eigenvalue weighted by atomic mass is 10.2. The molecule has 20 heavy (non-hydrogen) atoms. The normalized spacial score (nSPS) is 12.8. The van der Waals surface area contributed by atoms with Gasteiger partial charge in [-0.05, 0) is 12.5 Å². The number of nitrogens with zero attached hydrogens (tertiary/aromatic N) is 2. The highest BCUT2D eigenvalue weighted by molar-refractivity contribution is 5.78. The number of rotatable bonds is 5. The van der Waals surface area contributed by atoms with E-state index in [0.29, 0.717) is 12.3 Å². The number of aliphatic carboxylic acids is 1. The van der Waals surface area contributed by atoms with Gasteiger partial charge < -0.3 is 10.4 Å². The third-order valence-corrected chi connectivity index (χ3v) is 2.41. The monoisotopic (exact) mass is 293 g/mol. The van der Waals surface area contributed by atoms with E-state index in [1.54, 1.807) is 0 Å². The maximum atomic E-state index is 12.5. The number of nitro groups is 1. The lowest BCUT2D eigenvalue weighted by Gasteiger charge is -2.15. The fourth-order valence-electron chi connectivity index (χ4n) is 1.39. The van der Waals surface area contributed by atoms with Gasteiger partial charge in [-0.3, -0.25) is 10.1 Å². The van der Waals surface area contributed by atoms with Crippen molar-refractivity contribution in [2.45, 2.75) is 25.6 Å². The van der Waals surface area contributed by atoms with Crippen LogP contribution in [-0.2, 0) is 11.0 Å². The predicted octanol–water partition coefficient (Wildman–Crippen LogP) is 2.28. The van der Waals surface area contributed by atoms with Crippen molar-refractivity contribution in [2.24, 2.45) is 0 Å². The van der Waals surface area contributed by atoms with E-state index in [0.717, 1.165) is 0 Å². The second-order valence-electron chi connectivity index (χ2n) is 3.78. The zero-order valence-electron chi connectivity index (χ0n) is 10.1. The van der Waals surface area contributed by atoms with Crippen LogP contribution in [0.4, 0.5) is 24.5 Å². The Kier molecular flexibility index (Phi) is 4.48. The van der Waals surface area contributed by atoms with Crippen molar-refractivity contribution in [3.63, 3.8) is 0 Å². The first-order valence-electron chi connectivity index (χ1n) is 5.37. The molecule has 10 heteroatoms. The second-order valence-corrected chi connectivity index (χ2v) is 3.78. The number of carboxylic acid groups (broad SMARTS) is 1. The van der Waals surface area contributed by atoms with E-state index in [4.69, 9.17) is 5.11 Å². The molecule has 0 radical (unpaired) electrons. The molecule has 110 valence electrons. The molecule has 0 bridgehead atoms. The van der Waals surface area contributed by atoms with E-state index in [2.05, 4.69) is 10.3 Å². The molecule has 0 aliphatic heterocycles. The molecular weight excluding hydrogens is 283 g/mol. The SMILES string of the molecule is CCC(Nc1cc(C(F)(F)F)ncc1[N+](=O)[O-])C(=O)O. The highest BCUT2D eigenvalue weighted by Gasteiger charge is 2.34. The molecule has 0 aliphatic carbocycles. The first-order chi connectivity index (χ1) is 9.16. The highest BCUT2D eigenvalue weighted by atomic mass is 19.4. The Morgan fingerprint density at radius 3 is 2.60 bits per heavy atom. The summed E-state index contributed by atoms with van der Waals surface area (Å²) in [5.41, 5.74) is -2.60. The summed E-state index contributed by atoms with van der Waals surface area (Å²) in [6.07, 6.45) is -4.30. The van der Waals surface area contributed by atoms with Gasteiger partial charge >= 0.3 is 17.8 Å². The summed E-state index contributed by atoms with van der Waals surface area (Å²) in [4.78, 5) is 23.6. The molecule has 0 saturated carbocycles. The van der Waals surface area contributed by atoms with Crippen molar-refractivity contribution >= 4 is 17.3 Å². The molecule has 0 fully saturated rings. The van der Waals surface area contributed by atoms with E-state index in [-0.39, 0.29) is 6.42 Å². The quantitative estimate of drug-likeness (QED) is 0.637. The summed E-state index contributed by atoms with van der Waals surface area (Å²) >= 11 is 0. The number of hydrogen-bond donors (Lipinski definition) is 2. The van der Waals surface area contributed by atoms with Crippen LogP contribution in [0.5, 0.6) is 0 Å². The molecule has 1 heterocycles. The predicted molar refractivity (Wildman–Crippen MR) is 61.2 cm³/mol. The van der Waals surface area contributed by atoms with Crippen LogP contribution in [0.1, 0.15) is 19.0 Å². The van der Waals surface area contributed by atoms with Crippen LogP contribution in [0.25, 0.3) is 0 Å². The van der Waals surface area contributed by atoms with Crippen LogP contribution in [0.3, 0.4) is 0 Å². The van der Waals surface area contributed by atoms with Crippen molar-refractivity contribution in [2.75, 3.05) is 5.32 Å². The first-order valence-corrected chi connectivity index (χ1v) is 5.37. The lowest BCUT2D eigenvalue weighted by molar-refractivity contribution is -0.384. The third-order valence-electron chi connectivity index (χ3n) is 2.41. The summed E-state index contributed by atoms with van der Waals surface area (Å²) in [7, 11) is 0. The van der Waals surface area contributed by atoms with Crippen LogP contribution in [-0.4, -0.2) is 27.0 Å². The topological polar surface area (TPSA) is 105 Å². The van der Waals surface area contributed by atoms with E-state index < -0.39 is 40.2 Å². The molecule has 7 nitrogen and oxygen atoms in total. The third kappa shape index (κ3) is 3.56. The zero-order valence-corrected chi connectivity index (χ0v) is 10.1. The van der Waals surface area contributed by atoms with Crippen molar-refractivity contribution in [1.82, 2.24) is 4.98 Å². The standard InChI is InChI=1S/C10H10F3N3O4/c1-2-5(9(17)18)15-6-3-8(10(11,12)13)14-4-7(6)16(19)20/h3-5H,2H2,1H3,(H,14,15)(H,17,18). The van der Waals surface area contributed by atoms with E-state index >= 15 is 0 Å².